The highest BCUT2D eigenvalue weighted by Gasteiger charge is 2.25. The van der Waals surface area contributed by atoms with Gasteiger partial charge < -0.3 is 15.2 Å². The van der Waals surface area contributed by atoms with Crippen LogP contribution in [0, 0.1) is 5.41 Å². The summed E-state index contributed by atoms with van der Waals surface area (Å²) in [5.74, 6) is -0.792. The second-order valence-corrected chi connectivity index (χ2v) is 6.82. The Hall–Kier alpha value is -1.56. The molecule has 0 aliphatic carbocycles. The summed E-state index contributed by atoms with van der Waals surface area (Å²) in [4.78, 5) is 23.3. The number of carbonyl (C=O) groups excluding carboxylic acids is 1. The van der Waals surface area contributed by atoms with Gasteiger partial charge in [-0.05, 0) is 39.0 Å². The van der Waals surface area contributed by atoms with E-state index in [-0.39, 0.29) is 17.7 Å². The summed E-state index contributed by atoms with van der Waals surface area (Å²) in [6, 6.07) is 3.84. The first kappa shape index (κ1) is 17.5. The number of rotatable bonds is 5. The van der Waals surface area contributed by atoms with Gasteiger partial charge in [0, 0.05) is 6.42 Å². The maximum absolute atomic E-state index is 11.9. The summed E-state index contributed by atoms with van der Waals surface area (Å²) in [7, 11) is 1.53. The standard InChI is InChI=1S/C15H20BrNO4/c1-15(2,3)8-12(18)17-13(14(19)20)9-5-6-11(21-4)10(16)7-9/h5-7,13H,8H2,1-4H3,(H,17,18)(H,19,20). The lowest BCUT2D eigenvalue weighted by molar-refractivity contribution is -0.142. The number of carboxylic acid groups (broad SMARTS) is 1. The maximum atomic E-state index is 11.9. The van der Waals surface area contributed by atoms with Gasteiger partial charge in [0.05, 0.1) is 11.6 Å². The van der Waals surface area contributed by atoms with Crippen molar-refractivity contribution in [1.82, 2.24) is 5.32 Å². The summed E-state index contributed by atoms with van der Waals surface area (Å²) in [5, 5.41) is 11.9. The van der Waals surface area contributed by atoms with Gasteiger partial charge in [0.1, 0.15) is 5.75 Å². The smallest absolute Gasteiger partial charge is 0.330 e. The molecule has 21 heavy (non-hydrogen) atoms. The van der Waals surface area contributed by atoms with Gasteiger partial charge in [-0.25, -0.2) is 4.79 Å². The Labute approximate surface area is 132 Å². The molecule has 0 fully saturated rings. The number of amides is 1. The molecule has 1 aromatic rings. The van der Waals surface area contributed by atoms with E-state index in [9.17, 15) is 14.7 Å². The van der Waals surface area contributed by atoms with Crippen LogP contribution >= 0.6 is 15.9 Å². The summed E-state index contributed by atoms with van der Waals surface area (Å²) in [6.45, 7) is 5.77. The van der Waals surface area contributed by atoms with Crippen LogP contribution < -0.4 is 10.1 Å². The van der Waals surface area contributed by atoms with E-state index in [1.807, 2.05) is 20.8 Å². The molecule has 0 spiro atoms. The van der Waals surface area contributed by atoms with Gasteiger partial charge in [-0.15, -0.1) is 0 Å². The minimum absolute atomic E-state index is 0.201. The van der Waals surface area contributed by atoms with E-state index in [4.69, 9.17) is 4.74 Å². The van der Waals surface area contributed by atoms with Crippen molar-refractivity contribution in [2.75, 3.05) is 7.11 Å². The van der Waals surface area contributed by atoms with E-state index in [1.54, 1.807) is 18.2 Å². The predicted octanol–water partition coefficient (Wildman–Crippen LogP) is 3.14. The lowest BCUT2D eigenvalue weighted by Crippen LogP contribution is -2.35. The molecule has 0 aliphatic rings. The Balaban J connectivity index is 2.95. The highest BCUT2D eigenvalue weighted by atomic mass is 79.9. The summed E-state index contributed by atoms with van der Waals surface area (Å²) in [6.07, 6.45) is 0.258. The number of hydrogen-bond donors (Lipinski definition) is 2. The van der Waals surface area contributed by atoms with Crippen molar-refractivity contribution in [3.05, 3.63) is 28.2 Å². The van der Waals surface area contributed by atoms with Gasteiger partial charge in [0.15, 0.2) is 6.04 Å². The predicted molar refractivity (Wildman–Crippen MR) is 83.3 cm³/mol. The minimum atomic E-state index is -1.10. The van der Waals surface area contributed by atoms with Crippen molar-refractivity contribution < 1.29 is 19.4 Å². The van der Waals surface area contributed by atoms with E-state index in [2.05, 4.69) is 21.2 Å². The first-order valence-corrected chi connectivity index (χ1v) is 7.29. The molecule has 0 aliphatic heterocycles. The fraction of sp³-hybridized carbons (Fsp3) is 0.467. The van der Waals surface area contributed by atoms with Crippen molar-refractivity contribution in [3.63, 3.8) is 0 Å². The van der Waals surface area contributed by atoms with Crippen molar-refractivity contribution >= 4 is 27.8 Å². The van der Waals surface area contributed by atoms with Gasteiger partial charge in [-0.1, -0.05) is 26.8 Å². The number of carbonyl (C=O) groups is 2. The van der Waals surface area contributed by atoms with Gasteiger partial charge in [-0.2, -0.15) is 0 Å². The molecule has 0 heterocycles. The fourth-order valence-corrected chi connectivity index (χ4v) is 2.40. The van der Waals surface area contributed by atoms with E-state index in [0.29, 0.717) is 15.8 Å². The number of nitrogens with one attached hydrogen (secondary N) is 1. The third-order valence-electron chi connectivity index (χ3n) is 2.75. The molecule has 0 aromatic heterocycles. The van der Waals surface area contributed by atoms with E-state index in [1.165, 1.54) is 7.11 Å². The van der Waals surface area contributed by atoms with Crippen molar-refractivity contribution in [2.24, 2.45) is 5.41 Å². The Bertz CT molecular complexity index is 537. The molecule has 0 radical (unpaired) electrons. The third kappa shape index (κ3) is 5.38. The quantitative estimate of drug-likeness (QED) is 0.848. The van der Waals surface area contributed by atoms with Gasteiger partial charge in [0.2, 0.25) is 5.91 Å². The zero-order valence-corrected chi connectivity index (χ0v) is 14.2. The molecule has 1 rings (SSSR count). The zero-order valence-electron chi connectivity index (χ0n) is 12.6. The van der Waals surface area contributed by atoms with E-state index in [0.717, 1.165) is 0 Å². The van der Waals surface area contributed by atoms with Crippen LogP contribution in [0.25, 0.3) is 0 Å². The first-order chi connectivity index (χ1) is 9.64. The number of benzene rings is 1. The Morgan fingerprint density at radius 1 is 1.38 bits per heavy atom. The molecule has 116 valence electrons. The first-order valence-electron chi connectivity index (χ1n) is 6.49. The summed E-state index contributed by atoms with van der Waals surface area (Å²) < 4.78 is 5.74. The van der Waals surface area contributed by atoms with E-state index >= 15 is 0 Å². The SMILES string of the molecule is COc1ccc(C(NC(=O)CC(C)(C)C)C(=O)O)cc1Br. The highest BCUT2D eigenvalue weighted by molar-refractivity contribution is 9.10. The summed E-state index contributed by atoms with van der Waals surface area (Å²) in [5.41, 5.74) is 0.283. The topological polar surface area (TPSA) is 75.6 Å². The largest absolute Gasteiger partial charge is 0.496 e. The number of ether oxygens (including phenoxy) is 1. The molecule has 5 nitrogen and oxygen atoms in total. The number of methoxy groups -OCH3 is 1. The van der Waals surface area contributed by atoms with Gasteiger partial charge >= 0.3 is 5.97 Å². The Morgan fingerprint density at radius 2 is 2.00 bits per heavy atom. The molecule has 6 heteroatoms. The molecule has 0 saturated carbocycles. The molecule has 0 bridgehead atoms. The highest BCUT2D eigenvalue weighted by Crippen LogP contribution is 2.28. The second kappa shape index (κ2) is 6.93. The monoisotopic (exact) mass is 357 g/mol. The van der Waals surface area contributed by atoms with Crippen LogP contribution in [-0.4, -0.2) is 24.1 Å². The van der Waals surface area contributed by atoms with Crippen LogP contribution in [0.3, 0.4) is 0 Å². The fourth-order valence-electron chi connectivity index (χ4n) is 1.84. The molecule has 1 amide bonds. The molecular formula is C15H20BrNO4. The lowest BCUT2D eigenvalue weighted by atomic mass is 9.91. The molecule has 2 N–H and O–H groups in total. The average molecular weight is 358 g/mol. The van der Waals surface area contributed by atoms with Crippen LogP contribution in [0.5, 0.6) is 5.75 Å². The maximum Gasteiger partial charge on any atom is 0.330 e. The van der Waals surface area contributed by atoms with Crippen LogP contribution in [0.4, 0.5) is 0 Å². The number of hydrogen-bond acceptors (Lipinski definition) is 3. The molecule has 0 saturated heterocycles. The van der Waals surface area contributed by atoms with Crippen molar-refractivity contribution in [2.45, 2.75) is 33.2 Å². The van der Waals surface area contributed by atoms with E-state index < -0.39 is 12.0 Å². The van der Waals surface area contributed by atoms with Crippen molar-refractivity contribution in [3.8, 4) is 5.75 Å². The van der Waals surface area contributed by atoms with Crippen LogP contribution in [0.1, 0.15) is 38.8 Å². The second-order valence-electron chi connectivity index (χ2n) is 5.97. The van der Waals surface area contributed by atoms with Crippen LogP contribution in [-0.2, 0) is 9.59 Å². The number of halogens is 1. The van der Waals surface area contributed by atoms with Gasteiger partial charge in [-0.3, -0.25) is 4.79 Å². The third-order valence-corrected chi connectivity index (χ3v) is 3.37. The van der Waals surface area contributed by atoms with Crippen molar-refractivity contribution in [1.29, 1.82) is 0 Å². The molecule has 1 unspecified atom stereocenters. The normalized spacial score (nSPS) is 12.6. The molecule has 1 aromatic carbocycles. The Morgan fingerprint density at radius 3 is 2.43 bits per heavy atom. The van der Waals surface area contributed by atoms with Gasteiger partial charge in [0.25, 0.3) is 0 Å². The molecule has 1 atom stereocenters. The summed E-state index contributed by atoms with van der Waals surface area (Å²) >= 11 is 3.31. The zero-order chi connectivity index (χ0) is 16.2. The minimum Gasteiger partial charge on any atom is -0.496 e. The Kier molecular flexibility index (Phi) is 5.78. The average Bonchev–Trinajstić information content (AvgIpc) is 2.33. The lowest BCUT2D eigenvalue weighted by Gasteiger charge is -2.20. The van der Waals surface area contributed by atoms with Crippen LogP contribution in [0.15, 0.2) is 22.7 Å². The molecular weight excluding hydrogens is 338 g/mol. The number of aliphatic carboxylic acids is 1. The number of carboxylic acids is 1. The van der Waals surface area contributed by atoms with Crippen LogP contribution in [0.2, 0.25) is 0 Å².